The fourth-order valence-electron chi connectivity index (χ4n) is 2.07. The first-order chi connectivity index (χ1) is 9.01. The van der Waals surface area contributed by atoms with Gasteiger partial charge in [-0.05, 0) is 37.6 Å². The van der Waals surface area contributed by atoms with E-state index >= 15 is 0 Å². The number of methoxy groups -OCH3 is 1. The van der Waals surface area contributed by atoms with E-state index in [1.807, 2.05) is 42.8 Å². The number of aryl methyl sites for hydroxylation is 2. The molecule has 19 heavy (non-hydrogen) atoms. The molecule has 0 amide bonds. The van der Waals surface area contributed by atoms with Crippen LogP contribution in [0, 0.1) is 19.3 Å². The Bertz CT molecular complexity index is 616. The minimum Gasteiger partial charge on any atom is -0.496 e. The van der Waals surface area contributed by atoms with Gasteiger partial charge in [0.2, 0.25) is 0 Å². The van der Waals surface area contributed by atoms with Gasteiger partial charge in [0.05, 0.1) is 24.9 Å². The van der Waals surface area contributed by atoms with Gasteiger partial charge in [-0.15, -0.1) is 0 Å². The number of amidine groups is 1. The molecule has 5 nitrogen and oxygen atoms in total. The van der Waals surface area contributed by atoms with Crippen LogP contribution in [-0.2, 0) is 6.54 Å². The molecule has 1 aromatic heterocycles. The van der Waals surface area contributed by atoms with Crippen molar-refractivity contribution < 1.29 is 4.74 Å². The van der Waals surface area contributed by atoms with Crippen LogP contribution in [0.2, 0.25) is 0 Å². The summed E-state index contributed by atoms with van der Waals surface area (Å²) in [5.41, 5.74) is 9.33. The van der Waals surface area contributed by atoms with Crippen molar-refractivity contribution >= 4 is 5.84 Å². The highest BCUT2D eigenvalue weighted by Gasteiger charge is 2.08. The van der Waals surface area contributed by atoms with Crippen molar-refractivity contribution in [2.45, 2.75) is 20.4 Å². The molecule has 100 valence electrons. The van der Waals surface area contributed by atoms with Crippen molar-refractivity contribution in [3.8, 4) is 5.75 Å². The molecule has 0 atom stereocenters. The van der Waals surface area contributed by atoms with Crippen molar-refractivity contribution in [1.29, 1.82) is 5.41 Å². The second-order valence-electron chi connectivity index (χ2n) is 4.53. The molecule has 0 saturated carbocycles. The van der Waals surface area contributed by atoms with Gasteiger partial charge in [0.15, 0.2) is 0 Å². The number of aromatic nitrogens is 2. The number of nitrogens with zero attached hydrogens (tertiary/aromatic N) is 2. The first-order valence-electron chi connectivity index (χ1n) is 6.03. The quantitative estimate of drug-likeness (QED) is 0.649. The molecule has 0 fully saturated rings. The van der Waals surface area contributed by atoms with E-state index < -0.39 is 0 Å². The smallest absolute Gasteiger partial charge is 0.129 e. The van der Waals surface area contributed by atoms with E-state index in [0.29, 0.717) is 17.9 Å². The summed E-state index contributed by atoms with van der Waals surface area (Å²) in [6, 6.07) is 7.70. The number of benzene rings is 1. The van der Waals surface area contributed by atoms with Crippen LogP contribution in [0.15, 0.2) is 24.3 Å². The van der Waals surface area contributed by atoms with Crippen LogP contribution in [0.25, 0.3) is 0 Å². The van der Waals surface area contributed by atoms with Gasteiger partial charge in [-0.3, -0.25) is 10.1 Å². The van der Waals surface area contributed by atoms with E-state index in [-0.39, 0.29) is 5.84 Å². The Balaban J connectivity index is 2.33. The van der Waals surface area contributed by atoms with Crippen molar-refractivity contribution in [3.63, 3.8) is 0 Å². The highest BCUT2D eigenvalue weighted by atomic mass is 16.5. The number of nitrogens with one attached hydrogen (secondary N) is 1. The first-order valence-corrected chi connectivity index (χ1v) is 6.03. The van der Waals surface area contributed by atoms with Gasteiger partial charge in [-0.2, -0.15) is 5.10 Å². The Morgan fingerprint density at radius 1 is 1.37 bits per heavy atom. The van der Waals surface area contributed by atoms with Gasteiger partial charge in [-0.1, -0.05) is 6.07 Å². The summed E-state index contributed by atoms with van der Waals surface area (Å²) < 4.78 is 7.13. The van der Waals surface area contributed by atoms with Crippen molar-refractivity contribution in [1.82, 2.24) is 9.78 Å². The molecule has 1 heterocycles. The minimum atomic E-state index is 0.00654. The number of nitrogen functional groups attached to an aromatic ring is 1. The lowest BCUT2D eigenvalue weighted by Gasteiger charge is -2.10. The monoisotopic (exact) mass is 258 g/mol. The number of hydrogen-bond donors (Lipinski definition) is 2. The molecular formula is C14H18N4O. The lowest BCUT2D eigenvalue weighted by molar-refractivity contribution is 0.413. The average Bonchev–Trinajstić information content (AvgIpc) is 2.67. The average molecular weight is 258 g/mol. The Morgan fingerprint density at radius 3 is 2.63 bits per heavy atom. The standard InChI is InChI=1S/C14H18N4O/c1-9-6-10(2)18(17-9)8-11-4-5-13(19-3)12(7-11)14(15)16/h4-7H,8H2,1-3H3,(H3,15,16). The zero-order chi connectivity index (χ0) is 14.0. The summed E-state index contributed by atoms with van der Waals surface area (Å²) >= 11 is 0. The maximum absolute atomic E-state index is 7.58. The van der Waals surface area contributed by atoms with Gasteiger partial charge in [0.25, 0.3) is 0 Å². The molecule has 2 rings (SSSR count). The van der Waals surface area contributed by atoms with E-state index in [2.05, 4.69) is 5.10 Å². The van der Waals surface area contributed by atoms with Crippen molar-refractivity contribution in [3.05, 3.63) is 46.8 Å². The number of nitrogens with two attached hydrogens (primary N) is 1. The fraction of sp³-hybridized carbons (Fsp3) is 0.286. The summed E-state index contributed by atoms with van der Waals surface area (Å²) in [6.45, 7) is 4.65. The molecule has 2 aromatic rings. The predicted octanol–water partition coefficient (Wildman–Crippen LogP) is 1.84. The molecule has 0 aliphatic rings. The molecule has 5 heteroatoms. The molecule has 1 aromatic carbocycles. The second-order valence-corrected chi connectivity index (χ2v) is 4.53. The van der Waals surface area contributed by atoms with Crippen LogP contribution in [0.5, 0.6) is 5.75 Å². The molecule has 0 radical (unpaired) electrons. The van der Waals surface area contributed by atoms with Gasteiger partial charge < -0.3 is 10.5 Å². The summed E-state index contributed by atoms with van der Waals surface area (Å²) in [5, 5.41) is 12.0. The van der Waals surface area contributed by atoms with Crippen molar-refractivity contribution in [2.75, 3.05) is 7.11 Å². The van der Waals surface area contributed by atoms with Crippen LogP contribution in [0.4, 0.5) is 0 Å². The first kappa shape index (κ1) is 13.1. The molecule has 0 spiro atoms. The summed E-state index contributed by atoms with van der Waals surface area (Å²) in [7, 11) is 1.57. The molecule has 0 bridgehead atoms. The minimum absolute atomic E-state index is 0.00654. The van der Waals surface area contributed by atoms with Gasteiger partial charge in [0, 0.05) is 5.69 Å². The Morgan fingerprint density at radius 2 is 2.11 bits per heavy atom. The third-order valence-corrected chi connectivity index (χ3v) is 2.99. The number of ether oxygens (including phenoxy) is 1. The zero-order valence-electron chi connectivity index (χ0n) is 11.4. The Kier molecular flexibility index (Phi) is 3.55. The fourth-order valence-corrected chi connectivity index (χ4v) is 2.07. The van der Waals surface area contributed by atoms with Crippen molar-refractivity contribution in [2.24, 2.45) is 5.73 Å². The largest absolute Gasteiger partial charge is 0.496 e. The summed E-state index contributed by atoms with van der Waals surface area (Å²) in [4.78, 5) is 0. The van der Waals surface area contributed by atoms with Gasteiger partial charge in [0.1, 0.15) is 11.6 Å². The molecule has 0 unspecified atom stereocenters. The van der Waals surface area contributed by atoms with E-state index in [1.54, 1.807) is 7.11 Å². The highest BCUT2D eigenvalue weighted by Crippen LogP contribution is 2.20. The van der Waals surface area contributed by atoms with Crippen LogP contribution in [0.1, 0.15) is 22.5 Å². The predicted molar refractivity (Wildman–Crippen MR) is 74.8 cm³/mol. The maximum Gasteiger partial charge on any atom is 0.129 e. The maximum atomic E-state index is 7.58. The van der Waals surface area contributed by atoms with Gasteiger partial charge >= 0.3 is 0 Å². The second kappa shape index (κ2) is 5.14. The van der Waals surface area contributed by atoms with Crippen LogP contribution < -0.4 is 10.5 Å². The number of rotatable bonds is 4. The van der Waals surface area contributed by atoms with Crippen LogP contribution in [0.3, 0.4) is 0 Å². The highest BCUT2D eigenvalue weighted by molar-refractivity contribution is 5.97. The molecular weight excluding hydrogens is 240 g/mol. The number of hydrogen-bond acceptors (Lipinski definition) is 3. The molecule has 3 N–H and O–H groups in total. The summed E-state index contributed by atoms with van der Waals surface area (Å²) in [6.07, 6.45) is 0. The third kappa shape index (κ3) is 2.76. The Hall–Kier alpha value is -2.30. The molecule has 0 aliphatic carbocycles. The zero-order valence-corrected chi connectivity index (χ0v) is 11.4. The lowest BCUT2D eigenvalue weighted by Crippen LogP contribution is -2.13. The normalized spacial score (nSPS) is 10.5. The van der Waals surface area contributed by atoms with E-state index in [4.69, 9.17) is 15.9 Å². The molecule has 0 aliphatic heterocycles. The van der Waals surface area contributed by atoms with Crippen LogP contribution >= 0.6 is 0 Å². The van der Waals surface area contributed by atoms with Gasteiger partial charge in [-0.25, -0.2) is 0 Å². The van der Waals surface area contributed by atoms with E-state index in [0.717, 1.165) is 17.0 Å². The van der Waals surface area contributed by atoms with Crippen LogP contribution in [-0.4, -0.2) is 22.7 Å². The topological polar surface area (TPSA) is 76.9 Å². The molecule has 0 saturated heterocycles. The lowest BCUT2D eigenvalue weighted by atomic mass is 10.1. The Labute approximate surface area is 112 Å². The van der Waals surface area contributed by atoms with E-state index in [1.165, 1.54) is 0 Å². The van der Waals surface area contributed by atoms with E-state index in [9.17, 15) is 0 Å². The summed E-state index contributed by atoms with van der Waals surface area (Å²) in [5.74, 6) is 0.622. The SMILES string of the molecule is COc1ccc(Cn2nc(C)cc2C)cc1C(=N)N. The third-order valence-electron chi connectivity index (χ3n) is 2.99.